The predicted octanol–water partition coefficient (Wildman–Crippen LogP) is -1.39. The summed E-state index contributed by atoms with van der Waals surface area (Å²) in [5.74, 6) is -3.67. The number of nitrogens with zero attached hydrogens (tertiary/aromatic N) is 1. The highest BCUT2D eigenvalue weighted by atomic mass is 16.4. The average molecular weight is 505 g/mol. The molecule has 1 aliphatic heterocycles. The van der Waals surface area contributed by atoms with Crippen molar-refractivity contribution >= 4 is 29.6 Å². The summed E-state index contributed by atoms with van der Waals surface area (Å²) in [6.07, 6.45) is 2.06. The highest BCUT2D eigenvalue weighted by Gasteiger charge is 2.39. The zero-order valence-corrected chi connectivity index (χ0v) is 20.2. The van der Waals surface area contributed by atoms with Gasteiger partial charge in [-0.15, -0.1) is 0 Å². The van der Waals surface area contributed by atoms with E-state index in [1.54, 1.807) is 24.3 Å². The van der Waals surface area contributed by atoms with Crippen LogP contribution in [0.5, 0.6) is 0 Å². The quantitative estimate of drug-likeness (QED) is 0.166. The third kappa shape index (κ3) is 8.61. The fourth-order valence-electron chi connectivity index (χ4n) is 4.16. The summed E-state index contributed by atoms with van der Waals surface area (Å²) >= 11 is 0. The van der Waals surface area contributed by atoms with Gasteiger partial charge in [0.2, 0.25) is 23.6 Å². The molecular weight excluding hydrogens is 468 g/mol. The first-order chi connectivity index (χ1) is 17.1. The lowest BCUT2D eigenvalue weighted by Gasteiger charge is -2.30. The number of nitrogens with one attached hydrogen (secondary N) is 2. The molecular formula is C24H36N6O6. The Bertz CT molecular complexity index is 927. The van der Waals surface area contributed by atoms with Gasteiger partial charge in [0.15, 0.2) is 0 Å². The number of likely N-dealkylation sites (tertiary alicyclic amines) is 1. The van der Waals surface area contributed by atoms with Crippen molar-refractivity contribution < 1.29 is 29.1 Å². The van der Waals surface area contributed by atoms with Crippen molar-refractivity contribution in [3.05, 3.63) is 35.9 Å². The van der Waals surface area contributed by atoms with Crippen LogP contribution in [0.15, 0.2) is 30.3 Å². The van der Waals surface area contributed by atoms with Gasteiger partial charge >= 0.3 is 5.97 Å². The molecule has 4 amide bonds. The van der Waals surface area contributed by atoms with Crippen molar-refractivity contribution in [1.82, 2.24) is 15.5 Å². The van der Waals surface area contributed by atoms with E-state index in [0.717, 1.165) is 5.56 Å². The number of carboxylic acid groups (broad SMARTS) is 1. The molecule has 1 aliphatic rings. The van der Waals surface area contributed by atoms with Crippen molar-refractivity contribution in [3.63, 3.8) is 0 Å². The topological polar surface area (TPSA) is 211 Å². The molecule has 0 bridgehead atoms. The van der Waals surface area contributed by atoms with Crippen LogP contribution in [-0.4, -0.2) is 76.9 Å². The van der Waals surface area contributed by atoms with E-state index in [0.29, 0.717) is 32.2 Å². The van der Waals surface area contributed by atoms with Crippen LogP contribution in [0.25, 0.3) is 0 Å². The Morgan fingerprint density at radius 3 is 2.36 bits per heavy atom. The summed E-state index contributed by atoms with van der Waals surface area (Å²) in [5.41, 5.74) is 17.1. The summed E-state index contributed by atoms with van der Waals surface area (Å²) in [6, 6.07) is 4.69. The fraction of sp³-hybridized carbons (Fsp3) is 0.542. The van der Waals surface area contributed by atoms with Gasteiger partial charge < -0.3 is 37.8 Å². The Kier molecular flexibility index (Phi) is 11.3. The summed E-state index contributed by atoms with van der Waals surface area (Å²) in [5, 5.41) is 14.8. The van der Waals surface area contributed by atoms with Crippen LogP contribution < -0.4 is 27.8 Å². The van der Waals surface area contributed by atoms with Crippen molar-refractivity contribution in [2.75, 3.05) is 13.1 Å². The summed E-state index contributed by atoms with van der Waals surface area (Å²) in [4.78, 5) is 63.2. The van der Waals surface area contributed by atoms with Crippen LogP contribution in [0.3, 0.4) is 0 Å². The molecule has 1 aromatic rings. The number of rotatable bonds is 14. The van der Waals surface area contributed by atoms with Crippen molar-refractivity contribution in [2.45, 2.75) is 69.1 Å². The maximum Gasteiger partial charge on any atom is 0.326 e. The molecule has 4 atom stereocenters. The van der Waals surface area contributed by atoms with Gasteiger partial charge in [-0.1, -0.05) is 30.3 Å². The lowest BCUT2D eigenvalue weighted by atomic mass is 10.0. The number of hydrogen-bond acceptors (Lipinski definition) is 7. The zero-order valence-electron chi connectivity index (χ0n) is 20.2. The number of carbonyl (C=O) groups excluding carboxylic acids is 4. The fourth-order valence-corrected chi connectivity index (χ4v) is 4.16. The maximum atomic E-state index is 13.4. The number of primary amides is 1. The Morgan fingerprint density at radius 2 is 1.75 bits per heavy atom. The van der Waals surface area contributed by atoms with Crippen LogP contribution in [0.1, 0.15) is 44.1 Å². The molecule has 2 rings (SSSR count). The monoisotopic (exact) mass is 504 g/mol. The molecule has 198 valence electrons. The Balaban J connectivity index is 2.11. The minimum absolute atomic E-state index is 0.0953. The second kappa shape index (κ2) is 14.1. The molecule has 0 radical (unpaired) electrons. The van der Waals surface area contributed by atoms with Crippen LogP contribution in [0.4, 0.5) is 0 Å². The smallest absolute Gasteiger partial charge is 0.326 e. The molecule has 0 spiro atoms. The number of amides is 4. The first-order valence-electron chi connectivity index (χ1n) is 12.1. The second-order valence-corrected chi connectivity index (χ2v) is 8.90. The van der Waals surface area contributed by atoms with Crippen LogP contribution in [0.2, 0.25) is 0 Å². The van der Waals surface area contributed by atoms with E-state index in [-0.39, 0.29) is 25.8 Å². The van der Waals surface area contributed by atoms with Crippen LogP contribution in [0, 0.1) is 0 Å². The number of carboxylic acids is 1. The lowest BCUT2D eigenvalue weighted by Crippen LogP contribution is -2.57. The second-order valence-electron chi connectivity index (χ2n) is 8.90. The van der Waals surface area contributed by atoms with E-state index < -0.39 is 53.8 Å². The van der Waals surface area contributed by atoms with E-state index in [4.69, 9.17) is 17.2 Å². The molecule has 36 heavy (non-hydrogen) atoms. The summed E-state index contributed by atoms with van der Waals surface area (Å²) in [6.45, 7) is 0.687. The highest BCUT2D eigenvalue weighted by Crippen LogP contribution is 2.20. The van der Waals surface area contributed by atoms with Gasteiger partial charge in [0, 0.05) is 13.0 Å². The lowest BCUT2D eigenvalue weighted by molar-refractivity contribution is -0.145. The maximum absolute atomic E-state index is 13.4. The molecule has 12 nitrogen and oxygen atoms in total. The van der Waals surface area contributed by atoms with Crippen molar-refractivity contribution in [3.8, 4) is 0 Å². The van der Waals surface area contributed by atoms with Crippen LogP contribution in [-0.2, 0) is 30.4 Å². The van der Waals surface area contributed by atoms with Gasteiger partial charge in [-0.3, -0.25) is 19.2 Å². The Labute approximate surface area is 209 Å². The molecule has 0 aliphatic carbocycles. The molecule has 1 fully saturated rings. The first kappa shape index (κ1) is 28.7. The molecule has 1 saturated heterocycles. The third-order valence-electron chi connectivity index (χ3n) is 6.06. The SMILES string of the molecule is NCCCCC(NC(=O)C(N)CC(N)=O)C(=O)N1CCCC1C(=O)NC(Cc1ccccc1)C(=O)O. The molecule has 0 saturated carbocycles. The minimum Gasteiger partial charge on any atom is -0.480 e. The van der Waals surface area contributed by atoms with Crippen molar-refractivity contribution in [1.29, 1.82) is 0 Å². The molecule has 4 unspecified atom stereocenters. The number of aliphatic carboxylic acids is 1. The van der Waals surface area contributed by atoms with Crippen molar-refractivity contribution in [2.24, 2.45) is 17.2 Å². The van der Waals surface area contributed by atoms with Gasteiger partial charge in [-0.05, 0) is 44.2 Å². The van der Waals surface area contributed by atoms with Gasteiger partial charge in [0.1, 0.15) is 18.1 Å². The minimum atomic E-state index is -1.21. The van der Waals surface area contributed by atoms with E-state index in [1.807, 2.05) is 6.07 Å². The molecule has 9 N–H and O–H groups in total. The molecule has 0 aromatic heterocycles. The molecule has 12 heteroatoms. The van der Waals surface area contributed by atoms with Gasteiger partial charge in [-0.25, -0.2) is 4.79 Å². The standard InChI is InChI=1S/C24H36N6O6/c25-11-5-4-9-17(28-21(32)16(26)14-20(27)31)23(34)30-12-6-10-19(30)22(33)29-18(24(35)36)13-15-7-2-1-3-8-15/h1-3,7-8,16-19H,4-6,9-14,25-26H2,(H2,27,31)(H,28,32)(H,29,33)(H,35,36). The number of benzene rings is 1. The van der Waals surface area contributed by atoms with Crippen LogP contribution >= 0.6 is 0 Å². The highest BCUT2D eigenvalue weighted by molar-refractivity contribution is 5.95. The third-order valence-corrected chi connectivity index (χ3v) is 6.06. The van der Waals surface area contributed by atoms with E-state index in [2.05, 4.69) is 10.6 Å². The Morgan fingerprint density at radius 1 is 1.06 bits per heavy atom. The number of carbonyl (C=O) groups is 5. The van der Waals surface area contributed by atoms with E-state index in [1.165, 1.54) is 4.90 Å². The summed E-state index contributed by atoms with van der Waals surface area (Å²) in [7, 11) is 0. The van der Waals surface area contributed by atoms with E-state index >= 15 is 0 Å². The zero-order chi connectivity index (χ0) is 26.7. The first-order valence-corrected chi connectivity index (χ1v) is 12.1. The normalized spacial score (nSPS) is 17.6. The summed E-state index contributed by atoms with van der Waals surface area (Å²) < 4.78 is 0. The Hall–Kier alpha value is -3.51. The van der Waals surface area contributed by atoms with Gasteiger partial charge in [-0.2, -0.15) is 0 Å². The predicted molar refractivity (Wildman–Crippen MR) is 131 cm³/mol. The van der Waals surface area contributed by atoms with Gasteiger partial charge in [0.05, 0.1) is 12.5 Å². The number of hydrogen-bond donors (Lipinski definition) is 6. The largest absolute Gasteiger partial charge is 0.480 e. The van der Waals surface area contributed by atoms with E-state index in [9.17, 15) is 29.1 Å². The molecule has 1 heterocycles. The van der Waals surface area contributed by atoms with Gasteiger partial charge in [0.25, 0.3) is 0 Å². The number of unbranched alkanes of at least 4 members (excludes halogenated alkanes) is 1. The average Bonchev–Trinajstić information content (AvgIpc) is 3.33. The number of nitrogens with two attached hydrogens (primary N) is 3. The molecule has 1 aromatic carbocycles.